The summed E-state index contributed by atoms with van der Waals surface area (Å²) in [6.07, 6.45) is -15.6. The maximum atomic E-state index is 9.94. The normalized spacial score (nSPS) is 51.7. The Hall–Kier alpha value is -0.440. The first-order chi connectivity index (χ1) is 10.8. The topological polar surface area (TPSA) is 190 Å². The van der Waals surface area contributed by atoms with Crippen LogP contribution < -0.4 is 0 Å². The molecule has 2 saturated heterocycles. The molecule has 0 aliphatic carbocycles. The van der Waals surface area contributed by atoms with Crippen LogP contribution in [0.15, 0.2) is 0 Å². The summed E-state index contributed by atoms with van der Waals surface area (Å²) in [5.41, 5.74) is 0. The Labute approximate surface area is 130 Å². The summed E-state index contributed by atoms with van der Waals surface area (Å²) in [6.45, 7) is -1.33. The molecule has 0 aromatic rings. The van der Waals surface area contributed by atoms with E-state index in [9.17, 15) is 30.6 Å². The van der Waals surface area contributed by atoms with Crippen molar-refractivity contribution in [2.24, 2.45) is 0 Å². The summed E-state index contributed by atoms with van der Waals surface area (Å²) in [4.78, 5) is 0. The van der Waals surface area contributed by atoms with Crippen LogP contribution in [0.3, 0.4) is 0 Å². The van der Waals surface area contributed by atoms with E-state index < -0.39 is 74.6 Å². The molecule has 0 radical (unpaired) electrons. The molecule has 0 amide bonds. The third-order valence-electron chi connectivity index (χ3n) is 3.98. The van der Waals surface area contributed by atoms with Crippen molar-refractivity contribution in [1.82, 2.24) is 0 Å². The van der Waals surface area contributed by atoms with Crippen molar-refractivity contribution in [1.29, 1.82) is 0 Å². The van der Waals surface area contributed by atoms with Crippen molar-refractivity contribution >= 4 is 0 Å². The first-order valence-electron chi connectivity index (χ1n) is 7.08. The Morgan fingerprint density at radius 2 is 1.17 bits per heavy atom. The molecule has 2 aliphatic rings. The molecule has 8 N–H and O–H groups in total. The average Bonchev–Trinajstić information content (AvgIpc) is 2.54. The fourth-order valence-corrected chi connectivity index (χ4v) is 2.55. The molecule has 23 heavy (non-hydrogen) atoms. The summed E-state index contributed by atoms with van der Waals surface area (Å²) in [5.74, 6) is 0. The van der Waals surface area contributed by atoms with Crippen LogP contribution in [-0.2, 0) is 14.2 Å². The van der Waals surface area contributed by atoms with Crippen molar-refractivity contribution in [3.05, 3.63) is 0 Å². The molecule has 11 nitrogen and oxygen atoms in total. The molecule has 0 spiro atoms. The molecule has 136 valence electrons. The fourth-order valence-electron chi connectivity index (χ4n) is 2.55. The van der Waals surface area contributed by atoms with Crippen molar-refractivity contribution in [3.63, 3.8) is 0 Å². The van der Waals surface area contributed by atoms with Gasteiger partial charge in [0, 0.05) is 0 Å². The highest BCUT2D eigenvalue weighted by Gasteiger charge is 2.50. The molecule has 2 heterocycles. The zero-order chi connectivity index (χ0) is 17.3. The van der Waals surface area contributed by atoms with Crippen molar-refractivity contribution in [2.75, 3.05) is 13.2 Å². The molecule has 1 unspecified atom stereocenters. The predicted octanol–water partition coefficient (Wildman–Crippen LogP) is -5.40. The molecule has 0 saturated carbocycles. The Balaban J connectivity index is 2.08. The average molecular weight is 342 g/mol. The zero-order valence-corrected chi connectivity index (χ0v) is 12.0. The second-order valence-corrected chi connectivity index (χ2v) is 5.53. The van der Waals surface area contributed by atoms with Crippen molar-refractivity contribution in [3.8, 4) is 0 Å². The van der Waals surface area contributed by atoms with Crippen LogP contribution in [0, 0.1) is 0 Å². The lowest BCUT2D eigenvalue weighted by Gasteiger charge is -2.44. The van der Waals surface area contributed by atoms with Gasteiger partial charge in [0.2, 0.25) is 0 Å². The summed E-state index contributed by atoms with van der Waals surface area (Å²) >= 11 is 0. The van der Waals surface area contributed by atoms with Crippen LogP contribution in [0.4, 0.5) is 0 Å². The van der Waals surface area contributed by atoms with Gasteiger partial charge in [-0.15, -0.1) is 0 Å². The molecule has 11 heteroatoms. The van der Waals surface area contributed by atoms with E-state index in [4.69, 9.17) is 24.4 Å². The third kappa shape index (κ3) is 3.65. The molecule has 0 aromatic heterocycles. The maximum absolute atomic E-state index is 9.94. The van der Waals surface area contributed by atoms with Gasteiger partial charge >= 0.3 is 0 Å². The van der Waals surface area contributed by atoms with E-state index in [1.807, 2.05) is 0 Å². The summed E-state index contributed by atoms with van der Waals surface area (Å²) in [6, 6.07) is 0. The second kappa shape index (κ2) is 7.63. The lowest BCUT2D eigenvalue weighted by Crippen LogP contribution is -2.64. The number of hydrogen-bond acceptors (Lipinski definition) is 11. The Morgan fingerprint density at radius 1 is 0.652 bits per heavy atom. The quantitative estimate of drug-likeness (QED) is 0.243. The van der Waals surface area contributed by atoms with Crippen LogP contribution in [0.5, 0.6) is 0 Å². The van der Waals surface area contributed by atoms with E-state index >= 15 is 0 Å². The van der Waals surface area contributed by atoms with Gasteiger partial charge in [-0.1, -0.05) is 0 Å². The largest absolute Gasteiger partial charge is 0.394 e. The van der Waals surface area contributed by atoms with Gasteiger partial charge in [-0.2, -0.15) is 0 Å². The van der Waals surface area contributed by atoms with E-state index in [1.54, 1.807) is 0 Å². The summed E-state index contributed by atoms with van der Waals surface area (Å²) < 4.78 is 15.1. The van der Waals surface area contributed by atoms with Crippen LogP contribution in [0.25, 0.3) is 0 Å². The van der Waals surface area contributed by atoms with Gasteiger partial charge in [-0.05, 0) is 0 Å². The van der Waals surface area contributed by atoms with Crippen LogP contribution in [0.2, 0.25) is 0 Å². The number of ether oxygens (including phenoxy) is 3. The second-order valence-electron chi connectivity index (χ2n) is 5.53. The number of aliphatic hydroxyl groups excluding tert-OH is 8. The van der Waals surface area contributed by atoms with Gasteiger partial charge in [-0.25, -0.2) is 0 Å². The van der Waals surface area contributed by atoms with Gasteiger partial charge in [0.25, 0.3) is 0 Å². The lowest BCUT2D eigenvalue weighted by atomic mass is 9.97. The minimum atomic E-state index is -1.75. The minimum Gasteiger partial charge on any atom is -0.394 e. The van der Waals surface area contributed by atoms with Gasteiger partial charge in [-0.3, -0.25) is 0 Å². The Morgan fingerprint density at radius 3 is 1.74 bits per heavy atom. The highest BCUT2D eigenvalue weighted by Crippen LogP contribution is 2.28. The molecular formula is C12H22O11. The monoisotopic (exact) mass is 342 g/mol. The van der Waals surface area contributed by atoms with Crippen molar-refractivity contribution in [2.45, 2.75) is 61.4 Å². The minimum absolute atomic E-state index is 0.651. The van der Waals surface area contributed by atoms with E-state index in [1.165, 1.54) is 0 Å². The van der Waals surface area contributed by atoms with E-state index in [0.717, 1.165) is 0 Å². The molecular weight excluding hydrogens is 320 g/mol. The molecule has 0 aromatic carbocycles. The summed E-state index contributed by atoms with van der Waals surface area (Å²) in [5, 5.41) is 76.7. The van der Waals surface area contributed by atoms with Crippen LogP contribution in [-0.4, -0.2) is 115 Å². The van der Waals surface area contributed by atoms with Gasteiger partial charge < -0.3 is 55.1 Å². The highest BCUT2D eigenvalue weighted by atomic mass is 16.7. The molecule has 2 aliphatic heterocycles. The fraction of sp³-hybridized carbons (Fsp3) is 1.00. The van der Waals surface area contributed by atoms with Gasteiger partial charge in [0.05, 0.1) is 13.2 Å². The smallest absolute Gasteiger partial charge is 0.187 e. The van der Waals surface area contributed by atoms with E-state index in [0.29, 0.717) is 0 Å². The maximum Gasteiger partial charge on any atom is 0.187 e. The standard InChI is InChI=1S/C12H22O11/c13-1-3-6(16)8(18)10(11(20)21-3)23-12-9(19)7(17)5(15)4(2-14)22-12/h3-20H,1-2H2/t3-,4-,5-,6-,7+,8+,9-,10+,11?,12-/m1/s1. The number of rotatable bonds is 4. The van der Waals surface area contributed by atoms with Gasteiger partial charge in [0.15, 0.2) is 12.6 Å². The molecule has 2 rings (SSSR count). The molecule has 10 atom stereocenters. The Bertz CT molecular complexity index is 380. The molecule has 0 bridgehead atoms. The predicted molar refractivity (Wildman–Crippen MR) is 68.6 cm³/mol. The zero-order valence-electron chi connectivity index (χ0n) is 12.0. The van der Waals surface area contributed by atoms with E-state index in [2.05, 4.69) is 0 Å². The van der Waals surface area contributed by atoms with Crippen molar-refractivity contribution < 1.29 is 55.1 Å². The Kier molecular flexibility index (Phi) is 6.27. The third-order valence-corrected chi connectivity index (χ3v) is 3.98. The first kappa shape index (κ1) is 18.9. The highest BCUT2D eigenvalue weighted by molar-refractivity contribution is 4.93. The van der Waals surface area contributed by atoms with E-state index in [-0.39, 0.29) is 0 Å². The number of hydrogen-bond donors (Lipinski definition) is 8. The molecule has 2 fully saturated rings. The van der Waals surface area contributed by atoms with Crippen LogP contribution in [0.1, 0.15) is 0 Å². The summed E-state index contributed by atoms with van der Waals surface area (Å²) in [7, 11) is 0. The number of aliphatic hydroxyl groups is 8. The van der Waals surface area contributed by atoms with Gasteiger partial charge in [0.1, 0.15) is 48.8 Å². The lowest BCUT2D eigenvalue weighted by molar-refractivity contribution is -0.361. The SMILES string of the molecule is OC[C@H]1O[C@H](O[C@@H]2C(O)O[C@H](CO)[C@@H](O)[C@@H]2O)[C@H](O)[C@@H](O)[C@@H]1O. The first-order valence-corrected chi connectivity index (χ1v) is 7.08. The van der Waals surface area contributed by atoms with Crippen LogP contribution >= 0.6 is 0 Å².